The number of aromatic carboxylic acids is 1. The summed E-state index contributed by atoms with van der Waals surface area (Å²) in [6, 6.07) is 3.09. The van der Waals surface area contributed by atoms with Crippen molar-refractivity contribution in [3.63, 3.8) is 0 Å². The maximum Gasteiger partial charge on any atom is 0.335 e. The van der Waals surface area contributed by atoms with Crippen LogP contribution in [0.15, 0.2) is 18.2 Å². The van der Waals surface area contributed by atoms with E-state index in [9.17, 15) is 22.4 Å². The molecule has 1 aromatic rings. The van der Waals surface area contributed by atoms with Crippen molar-refractivity contribution in [3.05, 3.63) is 29.6 Å². The Morgan fingerprint density at radius 3 is 2.71 bits per heavy atom. The highest BCUT2D eigenvalue weighted by Gasteiger charge is 2.34. The number of benzene rings is 1. The Kier molecular flexibility index (Phi) is 3.97. The molecule has 3 N–H and O–H groups in total. The second-order valence-corrected chi connectivity index (χ2v) is 6.53. The van der Waals surface area contributed by atoms with Gasteiger partial charge in [0, 0.05) is 18.9 Å². The maximum atomic E-state index is 13.8. The summed E-state index contributed by atoms with van der Waals surface area (Å²) in [5, 5.41) is 13.8. The number of carboxylic acid groups (broad SMARTS) is 1. The monoisotopic (exact) mass is 316 g/mol. The minimum atomic E-state index is -3.74. The van der Waals surface area contributed by atoms with E-state index >= 15 is 0 Å². The average molecular weight is 316 g/mol. The van der Waals surface area contributed by atoms with Gasteiger partial charge in [0.15, 0.2) is 0 Å². The molecule has 1 aliphatic rings. The molecule has 0 aromatic heterocycles. The van der Waals surface area contributed by atoms with Crippen molar-refractivity contribution in [1.82, 2.24) is 0 Å². The molecule has 1 saturated heterocycles. The smallest absolute Gasteiger partial charge is 0.335 e. The van der Waals surface area contributed by atoms with E-state index in [-0.39, 0.29) is 30.0 Å². The van der Waals surface area contributed by atoms with Crippen LogP contribution in [-0.4, -0.2) is 37.7 Å². The second kappa shape index (κ2) is 5.41. The third kappa shape index (κ3) is 3.56. The van der Waals surface area contributed by atoms with Crippen molar-refractivity contribution in [2.45, 2.75) is 6.42 Å². The Labute approximate surface area is 120 Å². The first kappa shape index (κ1) is 15.4. The molecule has 1 aromatic carbocycles. The summed E-state index contributed by atoms with van der Waals surface area (Å²) >= 11 is 0. The fourth-order valence-electron chi connectivity index (χ4n) is 2.31. The molecule has 0 spiro atoms. The van der Waals surface area contributed by atoms with Gasteiger partial charge in [0.2, 0.25) is 15.9 Å². The number of nitrogens with zero attached hydrogens (tertiary/aromatic N) is 1. The lowest BCUT2D eigenvalue weighted by molar-refractivity contribution is -0.117. The fraction of sp³-hybridized carbons (Fsp3) is 0.333. The van der Waals surface area contributed by atoms with Gasteiger partial charge in [-0.2, -0.15) is 0 Å². The highest BCUT2D eigenvalue weighted by Crippen LogP contribution is 2.28. The maximum absolute atomic E-state index is 13.8. The zero-order valence-electron chi connectivity index (χ0n) is 10.8. The van der Waals surface area contributed by atoms with E-state index < -0.39 is 33.6 Å². The first-order valence-electron chi connectivity index (χ1n) is 6.01. The molecule has 0 bridgehead atoms. The number of halogens is 1. The van der Waals surface area contributed by atoms with Gasteiger partial charge in [-0.3, -0.25) is 4.79 Å². The van der Waals surface area contributed by atoms with Gasteiger partial charge in [-0.05, 0) is 18.2 Å². The van der Waals surface area contributed by atoms with Crippen LogP contribution in [-0.2, 0) is 14.8 Å². The summed E-state index contributed by atoms with van der Waals surface area (Å²) in [6.07, 6.45) is -0.0762. The molecule has 0 saturated carbocycles. The largest absolute Gasteiger partial charge is 0.478 e. The van der Waals surface area contributed by atoms with E-state index in [4.69, 9.17) is 10.2 Å². The van der Waals surface area contributed by atoms with Gasteiger partial charge in [0.25, 0.3) is 0 Å². The molecule has 1 fully saturated rings. The zero-order valence-corrected chi connectivity index (χ0v) is 11.6. The summed E-state index contributed by atoms with van der Waals surface area (Å²) in [4.78, 5) is 23.8. The molecule has 1 unspecified atom stereocenters. The quantitative estimate of drug-likeness (QED) is 0.820. The summed E-state index contributed by atoms with van der Waals surface area (Å²) in [5.41, 5.74) is -0.328. The first-order chi connectivity index (χ1) is 9.67. The minimum absolute atomic E-state index is 0.0186. The summed E-state index contributed by atoms with van der Waals surface area (Å²) < 4.78 is 35.9. The molecule has 21 heavy (non-hydrogen) atoms. The molecule has 1 aliphatic heterocycles. The lowest BCUT2D eigenvalue weighted by atomic mass is 10.1. The number of primary sulfonamides is 1. The Bertz CT molecular complexity index is 704. The molecule has 1 heterocycles. The molecular formula is C12H13FN2O5S. The number of sulfonamides is 1. The zero-order chi connectivity index (χ0) is 15.8. The van der Waals surface area contributed by atoms with E-state index in [1.165, 1.54) is 0 Å². The minimum Gasteiger partial charge on any atom is -0.478 e. The van der Waals surface area contributed by atoms with Gasteiger partial charge >= 0.3 is 5.97 Å². The van der Waals surface area contributed by atoms with Gasteiger partial charge in [-0.15, -0.1) is 0 Å². The molecule has 0 aliphatic carbocycles. The number of hydrogen-bond donors (Lipinski definition) is 2. The molecule has 1 atom stereocenters. The number of rotatable bonds is 4. The third-order valence-corrected chi connectivity index (χ3v) is 4.09. The van der Waals surface area contributed by atoms with Gasteiger partial charge in [-0.1, -0.05) is 0 Å². The number of nitrogens with two attached hydrogens (primary N) is 1. The van der Waals surface area contributed by atoms with Crippen molar-refractivity contribution in [3.8, 4) is 0 Å². The fourth-order valence-corrected chi connectivity index (χ4v) is 3.19. The topological polar surface area (TPSA) is 118 Å². The molecule has 114 valence electrons. The molecule has 1 amide bonds. The Balaban J connectivity index is 2.28. The number of anilines is 1. The molecule has 7 nitrogen and oxygen atoms in total. The Morgan fingerprint density at radius 2 is 2.14 bits per heavy atom. The van der Waals surface area contributed by atoms with Crippen LogP contribution >= 0.6 is 0 Å². The standard InChI is InChI=1S/C12H13FN2O5S/c13-9-2-1-8(12(17)18)4-10(9)15-5-7(3-11(15)16)6-21(14,19)20/h1-2,4,7H,3,5-6H2,(H,17,18)(H2,14,19,20). The number of carbonyl (C=O) groups is 2. The van der Waals surface area contributed by atoms with Crippen LogP contribution in [0.2, 0.25) is 0 Å². The number of carboxylic acids is 1. The van der Waals surface area contributed by atoms with Gasteiger partial charge in [-0.25, -0.2) is 22.7 Å². The molecular weight excluding hydrogens is 303 g/mol. The lowest BCUT2D eigenvalue weighted by Crippen LogP contribution is -2.28. The van der Waals surface area contributed by atoms with E-state index in [1.54, 1.807) is 0 Å². The predicted molar refractivity (Wildman–Crippen MR) is 71.8 cm³/mol. The Hall–Kier alpha value is -2.00. The van der Waals surface area contributed by atoms with Crippen LogP contribution in [0.4, 0.5) is 10.1 Å². The highest BCUT2D eigenvalue weighted by molar-refractivity contribution is 7.89. The third-order valence-electron chi connectivity index (χ3n) is 3.16. The van der Waals surface area contributed by atoms with Crippen LogP contribution in [0, 0.1) is 11.7 Å². The van der Waals surface area contributed by atoms with Crippen molar-refractivity contribution in [2.75, 3.05) is 17.2 Å². The molecule has 2 rings (SSSR count). The van der Waals surface area contributed by atoms with E-state index in [0.717, 1.165) is 23.1 Å². The first-order valence-corrected chi connectivity index (χ1v) is 7.72. The van der Waals surface area contributed by atoms with Crippen LogP contribution < -0.4 is 10.0 Å². The second-order valence-electron chi connectivity index (χ2n) is 4.88. The van der Waals surface area contributed by atoms with Gasteiger partial charge in [0.1, 0.15) is 5.82 Å². The summed E-state index contributed by atoms with van der Waals surface area (Å²) in [6.45, 7) is -0.0186. The number of amides is 1. The van der Waals surface area contributed by atoms with E-state index in [1.807, 2.05) is 0 Å². The molecule has 9 heteroatoms. The van der Waals surface area contributed by atoms with Crippen LogP contribution in [0.25, 0.3) is 0 Å². The van der Waals surface area contributed by atoms with Crippen LogP contribution in [0.5, 0.6) is 0 Å². The SMILES string of the molecule is NS(=O)(=O)CC1CC(=O)N(c2cc(C(=O)O)ccc2F)C1. The lowest BCUT2D eigenvalue weighted by Gasteiger charge is -2.18. The van der Waals surface area contributed by atoms with Crippen LogP contribution in [0.1, 0.15) is 16.8 Å². The van der Waals surface area contributed by atoms with E-state index in [2.05, 4.69) is 0 Å². The number of carbonyl (C=O) groups excluding carboxylic acids is 1. The number of hydrogen-bond acceptors (Lipinski definition) is 4. The van der Waals surface area contributed by atoms with Crippen LogP contribution in [0.3, 0.4) is 0 Å². The average Bonchev–Trinajstić information content (AvgIpc) is 2.67. The predicted octanol–water partition coefficient (Wildman–Crippen LogP) is 0.165. The normalized spacial score (nSPS) is 19.0. The van der Waals surface area contributed by atoms with Crippen molar-refractivity contribution in [1.29, 1.82) is 0 Å². The van der Waals surface area contributed by atoms with Gasteiger partial charge in [0.05, 0.1) is 17.0 Å². The van der Waals surface area contributed by atoms with Crippen molar-refractivity contribution in [2.24, 2.45) is 11.1 Å². The van der Waals surface area contributed by atoms with Gasteiger partial charge < -0.3 is 10.0 Å². The molecule has 0 radical (unpaired) electrons. The van der Waals surface area contributed by atoms with Crippen molar-refractivity contribution >= 4 is 27.6 Å². The van der Waals surface area contributed by atoms with E-state index in [0.29, 0.717) is 0 Å². The van der Waals surface area contributed by atoms with Crippen molar-refractivity contribution < 1.29 is 27.5 Å². The Morgan fingerprint density at radius 1 is 1.48 bits per heavy atom. The summed E-state index contributed by atoms with van der Waals surface area (Å²) in [7, 11) is -3.74. The highest BCUT2D eigenvalue weighted by atomic mass is 32.2. The summed E-state index contributed by atoms with van der Waals surface area (Å²) in [5.74, 6) is -3.38.